The average Bonchev–Trinajstić information content (AvgIpc) is 2.16. The maximum atomic E-state index is 12.1. The van der Waals surface area contributed by atoms with Crippen LogP contribution in [-0.4, -0.2) is 16.5 Å². The number of rotatable bonds is 3. The number of halogens is 5. The Morgan fingerprint density at radius 1 is 1.50 bits per heavy atom. The van der Waals surface area contributed by atoms with Crippen LogP contribution < -0.4 is 4.74 Å². The summed E-state index contributed by atoms with van der Waals surface area (Å²) in [5.41, 5.74) is 0.640. The lowest BCUT2D eigenvalue weighted by atomic mass is 10.2. The van der Waals surface area contributed by atoms with E-state index in [1.165, 1.54) is 0 Å². The van der Waals surface area contributed by atoms with Gasteiger partial charge in [-0.15, -0.1) is 13.2 Å². The summed E-state index contributed by atoms with van der Waals surface area (Å²) in [6, 6.07) is 0. The van der Waals surface area contributed by atoms with E-state index in [1.807, 2.05) is 22.6 Å². The van der Waals surface area contributed by atoms with Crippen LogP contribution in [0.1, 0.15) is 11.3 Å². The van der Waals surface area contributed by atoms with E-state index in [1.54, 1.807) is 0 Å². The zero-order valence-electron chi connectivity index (χ0n) is 7.68. The Morgan fingerprint density at radius 3 is 2.56 bits per heavy atom. The minimum absolute atomic E-state index is 0.187. The van der Waals surface area contributed by atoms with Gasteiger partial charge in [-0.3, -0.25) is 4.98 Å². The molecule has 0 bridgehead atoms. The van der Waals surface area contributed by atoms with Crippen LogP contribution in [0.2, 0.25) is 0 Å². The van der Waals surface area contributed by atoms with E-state index in [2.05, 4.69) is 25.7 Å². The molecule has 0 spiro atoms. The van der Waals surface area contributed by atoms with Crippen LogP contribution in [0.4, 0.5) is 13.2 Å². The summed E-state index contributed by atoms with van der Waals surface area (Å²) in [6.07, 6.45) is -3.79. The van der Waals surface area contributed by atoms with Crippen molar-refractivity contribution in [3.63, 3.8) is 0 Å². The molecule has 3 nitrogen and oxygen atoms in total. The molecule has 0 fully saturated rings. The van der Waals surface area contributed by atoms with Gasteiger partial charge in [-0.1, -0.05) is 15.9 Å². The van der Waals surface area contributed by atoms with Crippen LogP contribution in [0, 0.1) is 3.57 Å². The average molecular weight is 412 g/mol. The zero-order chi connectivity index (χ0) is 12.3. The van der Waals surface area contributed by atoms with Crippen LogP contribution in [0.15, 0.2) is 6.20 Å². The number of ether oxygens (including phenoxy) is 1. The number of aliphatic hydroxyl groups is 1. The fraction of sp³-hybridized carbons (Fsp3) is 0.375. The quantitative estimate of drug-likeness (QED) is 0.614. The molecule has 1 heterocycles. The second kappa shape index (κ2) is 5.50. The van der Waals surface area contributed by atoms with Gasteiger partial charge in [0.2, 0.25) is 0 Å². The van der Waals surface area contributed by atoms with E-state index in [4.69, 9.17) is 5.11 Å². The monoisotopic (exact) mass is 411 g/mol. The highest BCUT2D eigenvalue weighted by Crippen LogP contribution is 2.31. The molecule has 0 aliphatic carbocycles. The molecular formula is C8H6BrF3INO2. The molecule has 0 unspecified atom stereocenters. The molecule has 0 aliphatic heterocycles. The van der Waals surface area contributed by atoms with Crippen LogP contribution in [0.5, 0.6) is 5.75 Å². The zero-order valence-corrected chi connectivity index (χ0v) is 11.4. The first-order valence-electron chi connectivity index (χ1n) is 3.98. The molecule has 8 heteroatoms. The van der Waals surface area contributed by atoms with Gasteiger partial charge in [-0.05, 0) is 22.6 Å². The predicted molar refractivity (Wildman–Crippen MR) is 62.2 cm³/mol. The van der Waals surface area contributed by atoms with E-state index in [0.717, 1.165) is 6.20 Å². The van der Waals surface area contributed by atoms with Crippen LogP contribution in [-0.2, 0) is 11.9 Å². The largest absolute Gasteiger partial charge is 0.573 e. The Bertz CT molecular complexity index is 386. The Balaban J connectivity index is 3.16. The molecule has 0 aromatic carbocycles. The summed E-state index contributed by atoms with van der Waals surface area (Å²) in [7, 11) is 0. The standard InChI is InChI=1S/C8H6BrF3INO2/c9-1-4-6(16-8(10,11)12)2-14-5(3-15)7(4)13/h2,15H,1,3H2. The van der Waals surface area contributed by atoms with Gasteiger partial charge in [0.05, 0.1) is 18.5 Å². The van der Waals surface area contributed by atoms with Crippen molar-refractivity contribution in [3.8, 4) is 5.75 Å². The van der Waals surface area contributed by atoms with E-state index < -0.39 is 6.36 Å². The first-order valence-corrected chi connectivity index (χ1v) is 6.18. The maximum Gasteiger partial charge on any atom is 0.573 e. The molecule has 90 valence electrons. The Morgan fingerprint density at radius 2 is 2.12 bits per heavy atom. The number of nitrogens with zero attached hydrogens (tertiary/aromatic N) is 1. The van der Waals surface area contributed by atoms with Gasteiger partial charge in [0.1, 0.15) is 0 Å². The second-order valence-corrected chi connectivity index (χ2v) is 4.34. The molecule has 0 amide bonds. The topological polar surface area (TPSA) is 42.4 Å². The summed E-state index contributed by atoms with van der Waals surface area (Å²) in [5.74, 6) is -0.356. The van der Waals surface area contributed by atoms with Crippen molar-refractivity contribution in [2.24, 2.45) is 0 Å². The van der Waals surface area contributed by atoms with Crippen LogP contribution in [0.3, 0.4) is 0 Å². The third-order valence-electron chi connectivity index (χ3n) is 1.66. The lowest BCUT2D eigenvalue weighted by Crippen LogP contribution is -2.19. The number of aromatic nitrogens is 1. The van der Waals surface area contributed by atoms with Crippen molar-refractivity contribution in [2.45, 2.75) is 18.3 Å². The highest BCUT2D eigenvalue weighted by molar-refractivity contribution is 14.1. The van der Waals surface area contributed by atoms with Crippen molar-refractivity contribution in [1.82, 2.24) is 4.98 Å². The van der Waals surface area contributed by atoms with Crippen LogP contribution in [0.25, 0.3) is 0 Å². The highest BCUT2D eigenvalue weighted by Gasteiger charge is 2.32. The van der Waals surface area contributed by atoms with Crippen molar-refractivity contribution in [2.75, 3.05) is 0 Å². The molecule has 1 N–H and O–H groups in total. The summed E-state index contributed by atoms with van der Waals surface area (Å²) in [4.78, 5) is 3.69. The van der Waals surface area contributed by atoms with Gasteiger partial charge in [0.15, 0.2) is 5.75 Å². The summed E-state index contributed by atoms with van der Waals surface area (Å²) in [5, 5.41) is 9.10. The lowest BCUT2D eigenvalue weighted by Gasteiger charge is -2.14. The van der Waals surface area contributed by atoms with E-state index in [-0.39, 0.29) is 17.7 Å². The van der Waals surface area contributed by atoms with E-state index >= 15 is 0 Å². The van der Waals surface area contributed by atoms with Crippen molar-refractivity contribution < 1.29 is 23.0 Å². The second-order valence-electron chi connectivity index (χ2n) is 2.70. The van der Waals surface area contributed by atoms with Crippen LogP contribution >= 0.6 is 38.5 Å². The van der Waals surface area contributed by atoms with Gasteiger partial charge < -0.3 is 9.84 Å². The number of hydrogen-bond donors (Lipinski definition) is 1. The highest BCUT2D eigenvalue weighted by atomic mass is 127. The van der Waals surface area contributed by atoms with Crippen molar-refractivity contribution in [1.29, 1.82) is 0 Å². The molecule has 16 heavy (non-hydrogen) atoms. The number of hydrogen-bond acceptors (Lipinski definition) is 3. The smallest absolute Gasteiger partial charge is 0.404 e. The summed E-state index contributed by atoms with van der Waals surface area (Å²) < 4.78 is 40.4. The summed E-state index contributed by atoms with van der Waals surface area (Å²) in [6.45, 7) is -0.329. The number of pyridine rings is 1. The molecule has 1 aromatic rings. The Kier molecular flexibility index (Phi) is 4.80. The molecule has 0 aliphatic rings. The van der Waals surface area contributed by atoms with Gasteiger partial charge in [0, 0.05) is 14.5 Å². The lowest BCUT2D eigenvalue weighted by molar-refractivity contribution is -0.275. The molecule has 1 aromatic heterocycles. The normalized spacial score (nSPS) is 11.6. The van der Waals surface area contributed by atoms with Gasteiger partial charge in [0.25, 0.3) is 0 Å². The van der Waals surface area contributed by atoms with Gasteiger partial charge in [-0.25, -0.2) is 0 Å². The molecule has 0 saturated carbocycles. The number of aliphatic hydroxyl groups excluding tert-OH is 1. The fourth-order valence-electron chi connectivity index (χ4n) is 1.00. The molecular weight excluding hydrogens is 406 g/mol. The van der Waals surface area contributed by atoms with Gasteiger partial charge >= 0.3 is 6.36 Å². The third-order valence-corrected chi connectivity index (χ3v) is 3.50. The molecule has 1 rings (SSSR count). The SMILES string of the molecule is OCc1ncc(OC(F)(F)F)c(CBr)c1I. The Labute approximate surface area is 111 Å². The molecule has 0 atom stereocenters. The van der Waals surface area contributed by atoms with E-state index in [0.29, 0.717) is 14.8 Å². The fourth-order valence-corrected chi connectivity index (χ4v) is 2.85. The van der Waals surface area contributed by atoms with Gasteiger partial charge in [-0.2, -0.15) is 0 Å². The molecule has 0 radical (unpaired) electrons. The summed E-state index contributed by atoms with van der Waals surface area (Å²) >= 11 is 4.89. The van der Waals surface area contributed by atoms with Crippen molar-refractivity contribution in [3.05, 3.63) is 21.0 Å². The molecule has 0 saturated heterocycles. The third kappa shape index (κ3) is 3.45. The maximum absolute atomic E-state index is 12.1. The first kappa shape index (κ1) is 14.0. The predicted octanol–water partition coefficient (Wildman–Crippen LogP) is 2.97. The number of alkyl halides is 4. The van der Waals surface area contributed by atoms with Crippen molar-refractivity contribution >= 4 is 38.5 Å². The first-order chi connectivity index (χ1) is 7.39. The van der Waals surface area contributed by atoms with E-state index in [9.17, 15) is 13.2 Å². The minimum Gasteiger partial charge on any atom is -0.404 e. The Hall–Kier alpha value is -0.0900. The minimum atomic E-state index is -4.75.